The van der Waals surface area contributed by atoms with E-state index in [4.69, 9.17) is 9.84 Å². The number of carbonyl (C=O) groups excluding carboxylic acids is 1. The number of aliphatic carboxylic acids is 1. The van der Waals surface area contributed by atoms with Gasteiger partial charge in [0.2, 0.25) is 15.9 Å². The predicted octanol–water partition coefficient (Wildman–Crippen LogP) is -0.641. The first kappa shape index (κ1) is 17.9. The fourth-order valence-corrected chi connectivity index (χ4v) is 3.87. The maximum atomic E-state index is 12.2. The third-order valence-electron chi connectivity index (χ3n) is 3.61. The predicted molar refractivity (Wildman–Crippen MR) is 75.3 cm³/mol. The highest BCUT2D eigenvalue weighted by Gasteiger charge is 2.41. The van der Waals surface area contributed by atoms with Gasteiger partial charge in [0.15, 0.2) is 0 Å². The van der Waals surface area contributed by atoms with Crippen LogP contribution >= 0.6 is 0 Å². The molecule has 122 valence electrons. The second-order valence-electron chi connectivity index (χ2n) is 4.83. The summed E-state index contributed by atoms with van der Waals surface area (Å²) in [6.45, 7) is 4.01. The zero-order valence-corrected chi connectivity index (χ0v) is 13.3. The number of ether oxygens (including phenoxy) is 1. The average Bonchev–Trinajstić information content (AvgIpc) is 2.83. The summed E-state index contributed by atoms with van der Waals surface area (Å²) in [5, 5.41) is 9.14. The van der Waals surface area contributed by atoms with E-state index >= 15 is 0 Å². The Morgan fingerprint density at radius 1 is 1.33 bits per heavy atom. The molecule has 0 saturated carbocycles. The topological polar surface area (TPSA) is 104 Å². The van der Waals surface area contributed by atoms with Crippen molar-refractivity contribution in [2.24, 2.45) is 0 Å². The van der Waals surface area contributed by atoms with E-state index in [0.29, 0.717) is 0 Å². The Hall–Kier alpha value is -1.19. The van der Waals surface area contributed by atoms with Crippen molar-refractivity contribution in [3.63, 3.8) is 0 Å². The first-order valence-electron chi connectivity index (χ1n) is 6.79. The van der Waals surface area contributed by atoms with E-state index in [9.17, 15) is 18.0 Å². The Balaban J connectivity index is 2.85. The number of hydrogen-bond acceptors (Lipinski definition) is 5. The van der Waals surface area contributed by atoms with E-state index in [0.717, 1.165) is 4.90 Å². The van der Waals surface area contributed by atoms with Crippen molar-refractivity contribution < 1.29 is 27.9 Å². The molecule has 0 aliphatic carbocycles. The van der Waals surface area contributed by atoms with Gasteiger partial charge in [-0.05, 0) is 0 Å². The number of methoxy groups -OCH3 is 1. The molecule has 9 heteroatoms. The highest BCUT2D eigenvalue weighted by atomic mass is 32.2. The summed E-state index contributed by atoms with van der Waals surface area (Å²) < 4.78 is 30.4. The van der Waals surface area contributed by atoms with Gasteiger partial charge in [0.05, 0.1) is 6.10 Å². The Morgan fingerprint density at radius 3 is 2.33 bits per heavy atom. The fourth-order valence-electron chi connectivity index (χ4n) is 2.43. The number of hydrogen-bond donors (Lipinski definition) is 1. The van der Waals surface area contributed by atoms with E-state index in [1.54, 1.807) is 13.8 Å². The number of rotatable bonds is 7. The third-order valence-corrected chi connectivity index (χ3v) is 5.52. The molecular formula is C12H22N2O6S. The van der Waals surface area contributed by atoms with Gasteiger partial charge in [-0.3, -0.25) is 4.79 Å². The first-order chi connectivity index (χ1) is 9.76. The molecule has 1 fully saturated rings. The number of amides is 1. The van der Waals surface area contributed by atoms with Crippen LogP contribution in [0.4, 0.5) is 0 Å². The molecule has 0 bridgehead atoms. The standard InChI is InChI=1S/C12H22N2O6S/c1-4-13(5-2)21(18,19)8-11(15)14-7-9(20-3)6-10(14)12(16)17/h9-10H,4-8H2,1-3H3,(H,16,17). The Morgan fingerprint density at radius 2 is 1.90 bits per heavy atom. The van der Waals surface area contributed by atoms with E-state index < -0.39 is 33.7 Å². The molecule has 8 nitrogen and oxygen atoms in total. The molecule has 0 aromatic rings. The van der Waals surface area contributed by atoms with Gasteiger partial charge in [-0.1, -0.05) is 13.8 Å². The summed E-state index contributed by atoms with van der Waals surface area (Å²) in [7, 11) is -2.29. The lowest BCUT2D eigenvalue weighted by molar-refractivity contribution is -0.147. The van der Waals surface area contributed by atoms with Crippen LogP contribution in [-0.2, 0) is 24.3 Å². The van der Waals surface area contributed by atoms with Crippen LogP contribution in [0.3, 0.4) is 0 Å². The molecule has 1 amide bonds. The summed E-state index contributed by atoms with van der Waals surface area (Å²) in [5.41, 5.74) is 0. The number of likely N-dealkylation sites (tertiary alicyclic amines) is 1. The molecule has 1 saturated heterocycles. The molecule has 0 aromatic heterocycles. The van der Waals surface area contributed by atoms with E-state index in [2.05, 4.69) is 0 Å². The normalized spacial score (nSPS) is 22.8. The van der Waals surface area contributed by atoms with E-state index in [-0.39, 0.29) is 32.2 Å². The highest BCUT2D eigenvalue weighted by Crippen LogP contribution is 2.21. The Kier molecular flexibility index (Phi) is 6.11. The lowest BCUT2D eigenvalue weighted by Crippen LogP contribution is -2.45. The van der Waals surface area contributed by atoms with Crippen molar-refractivity contribution in [3.8, 4) is 0 Å². The molecule has 2 unspecified atom stereocenters. The van der Waals surface area contributed by atoms with E-state index in [1.807, 2.05) is 0 Å². The van der Waals surface area contributed by atoms with Crippen molar-refractivity contribution in [1.82, 2.24) is 9.21 Å². The van der Waals surface area contributed by atoms with Gasteiger partial charge in [0, 0.05) is 33.2 Å². The van der Waals surface area contributed by atoms with Crippen LogP contribution in [-0.4, -0.2) is 79.2 Å². The summed E-state index contributed by atoms with van der Waals surface area (Å²) in [6, 6.07) is -1.03. The summed E-state index contributed by atoms with van der Waals surface area (Å²) in [5.74, 6) is -2.56. The van der Waals surface area contributed by atoms with Crippen LogP contribution in [0.1, 0.15) is 20.3 Å². The molecule has 1 rings (SSSR count). The van der Waals surface area contributed by atoms with Gasteiger partial charge in [0.25, 0.3) is 0 Å². The minimum absolute atomic E-state index is 0.0973. The molecule has 0 aromatic carbocycles. The molecule has 1 aliphatic rings. The lowest BCUT2D eigenvalue weighted by Gasteiger charge is -2.23. The molecule has 1 aliphatic heterocycles. The highest BCUT2D eigenvalue weighted by molar-refractivity contribution is 7.89. The average molecular weight is 322 g/mol. The van der Waals surface area contributed by atoms with Gasteiger partial charge in [-0.25, -0.2) is 17.5 Å². The van der Waals surface area contributed by atoms with Crippen molar-refractivity contribution in [1.29, 1.82) is 0 Å². The first-order valence-corrected chi connectivity index (χ1v) is 8.40. The van der Waals surface area contributed by atoms with Crippen molar-refractivity contribution in [2.45, 2.75) is 32.4 Å². The van der Waals surface area contributed by atoms with Crippen molar-refractivity contribution in [2.75, 3.05) is 32.5 Å². The van der Waals surface area contributed by atoms with Crippen LogP contribution in [0, 0.1) is 0 Å². The number of carboxylic acids is 1. The molecule has 21 heavy (non-hydrogen) atoms. The van der Waals surface area contributed by atoms with Gasteiger partial charge in [0.1, 0.15) is 11.8 Å². The monoisotopic (exact) mass is 322 g/mol. The van der Waals surface area contributed by atoms with Gasteiger partial charge in [-0.15, -0.1) is 0 Å². The van der Waals surface area contributed by atoms with Crippen LogP contribution in [0.15, 0.2) is 0 Å². The molecule has 2 atom stereocenters. The van der Waals surface area contributed by atoms with Crippen LogP contribution < -0.4 is 0 Å². The molecule has 1 N–H and O–H groups in total. The third kappa shape index (κ3) is 4.14. The maximum Gasteiger partial charge on any atom is 0.326 e. The van der Waals surface area contributed by atoms with Crippen molar-refractivity contribution in [3.05, 3.63) is 0 Å². The Bertz CT molecular complexity index is 488. The van der Waals surface area contributed by atoms with Crippen LogP contribution in [0.25, 0.3) is 0 Å². The SMILES string of the molecule is CCN(CC)S(=O)(=O)CC(=O)N1CC(OC)CC1C(=O)O. The second-order valence-corrected chi connectivity index (χ2v) is 6.80. The Labute approximate surface area is 124 Å². The molecular weight excluding hydrogens is 300 g/mol. The van der Waals surface area contributed by atoms with Gasteiger partial charge >= 0.3 is 5.97 Å². The largest absolute Gasteiger partial charge is 0.480 e. The fraction of sp³-hybridized carbons (Fsp3) is 0.833. The molecule has 0 spiro atoms. The summed E-state index contributed by atoms with van der Waals surface area (Å²) in [6.07, 6.45) is -0.214. The quantitative estimate of drug-likeness (QED) is 0.668. The van der Waals surface area contributed by atoms with Crippen LogP contribution in [0.2, 0.25) is 0 Å². The van der Waals surface area contributed by atoms with Crippen molar-refractivity contribution >= 4 is 21.9 Å². The maximum absolute atomic E-state index is 12.2. The number of sulfonamides is 1. The number of carboxylic acid groups (broad SMARTS) is 1. The summed E-state index contributed by atoms with van der Waals surface area (Å²) >= 11 is 0. The number of nitrogens with zero attached hydrogens (tertiary/aromatic N) is 2. The van der Waals surface area contributed by atoms with Gasteiger partial charge in [-0.2, -0.15) is 0 Å². The zero-order chi connectivity index (χ0) is 16.2. The molecule has 0 radical (unpaired) electrons. The second kappa shape index (κ2) is 7.19. The molecule has 1 heterocycles. The minimum atomic E-state index is -3.72. The smallest absolute Gasteiger partial charge is 0.326 e. The number of carbonyl (C=O) groups is 2. The lowest BCUT2D eigenvalue weighted by atomic mass is 10.2. The van der Waals surface area contributed by atoms with Crippen LogP contribution in [0.5, 0.6) is 0 Å². The summed E-state index contributed by atoms with van der Waals surface area (Å²) in [4.78, 5) is 24.4. The van der Waals surface area contributed by atoms with Gasteiger partial charge < -0.3 is 14.7 Å². The zero-order valence-electron chi connectivity index (χ0n) is 12.5. The minimum Gasteiger partial charge on any atom is -0.480 e. The van der Waals surface area contributed by atoms with E-state index in [1.165, 1.54) is 11.4 Å².